The molecule has 4 rings (SSSR count). The molecule has 0 bridgehead atoms. The molecule has 24 heavy (non-hydrogen) atoms. The van der Waals surface area contributed by atoms with Gasteiger partial charge in [-0.25, -0.2) is 13.4 Å². The van der Waals surface area contributed by atoms with E-state index < -0.39 is 9.84 Å². The van der Waals surface area contributed by atoms with Gasteiger partial charge in [0.25, 0.3) is 5.56 Å². The molecule has 1 aromatic carbocycles. The molecule has 1 aliphatic heterocycles. The van der Waals surface area contributed by atoms with E-state index in [4.69, 9.17) is 11.6 Å². The van der Waals surface area contributed by atoms with E-state index in [1.807, 2.05) is 0 Å². The van der Waals surface area contributed by atoms with Gasteiger partial charge in [-0.2, -0.15) is 0 Å². The highest BCUT2D eigenvalue weighted by molar-refractivity contribution is 7.92. The first kappa shape index (κ1) is 16.1. The van der Waals surface area contributed by atoms with Gasteiger partial charge in [0.15, 0.2) is 9.84 Å². The zero-order chi connectivity index (χ0) is 16.9. The van der Waals surface area contributed by atoms with Gasteiger partial charge in [0.1, 0.15) is 5.82 Å². The van der Waals surface area contributed by atoms with Crippen molar-refractivity contribution in [2.75, 3.05) is 12.3 Å². The SMILES string of the molecule is O=c1[nH]c(CN2CCS(=O)(=O)C3CCCC32)nc2ccc(Cl)cc12. The third-order valence-electron chi connectivity index (χ3n) is 5.08. The zero-order valence-corrected chi connectivity index (χ0v) is 14.6. The predicted molar refractivity (Wildman–Crippen MR) is 93.0 cm³/mol. The fraction of sp³-hybridized carbons (Fsp3) is 0.500. The number of halogens is 1. The molecule has 0 radical (unpaired) electrons. The Morgan fingerprint density at radius 3 is 3.00 bits per heavy atom. The highest BCUT2D eigenvalue weighted by atomic mass is 35.5. The van der Waals surface area contributed by atoms with Crippen LogP contribution in [0, 0.1) is 0 Å². The molecule has 2 unspecified atom stereocenters. The second kappa shape index (κ2) is 5.82. The van der Waals surface area contributed by atoms with Crippen LogP contribution >= 0.6 is 11.6 Å². The lowest BCUT2D eigenvalue weighted by Gasteiger charge is -2.36. The third-order valence-corrected chi connectivity index (χ3v) is 7.54. The van der Waals surface area contributed by atoms with Crippen LogP contribution in [-0.4, -0.2) is 46.9 Å². The summed E-state index contributed by atoms with van der Waals surface area (Å²) in [5.74, 6) is 0.751. The van der Waals surface area contributed by atoms with Crippen LogP contribution < -0.4 is 5.56 Å². The Hall–Kier alpha value is -1.44. The number of aromatic amines is 1. The number of benzene rings is 1. The smallest absolute Gasteiger partial charge is 0.258 e. The normalized spacial score (nSPS) is 26.5. The Morgan fingerprint density at radius 1 is 1.33 bits per heavy atom. The Bertz CT molecular complexity index is 957. The Labute approximate surface area is 144 Å². The summed E-state index contributed by atoms with van der Waals surface area (Å²) in [7, 11) is -2.98. The maximum Gasteiger partial charge on any atom is 0.258 e. The first-order valence-corrected chi connectivity index (χ1v) is 10.2. The molecule has 1 aliphatic carbocycles. The number of hydrogen-bond donors (Lipinski definition) is 1. The maximum atomic E-state index is 12.3. The van der Waals surface area contributed by atoms with Crippen molar-refractivity contribution in [3.63, 3.8) is 0 Å². The lowest BCUT2D eigenvalue weighted by molar-refractivity contribution is 0.187. The van der Waals surface area contributed by atoms with Crippen molar-refractivity contribution < 1.29 is 8.42 Å². The van der Waals surface area contributed by atoms with E-state index in [0.29, 0.717) is 34.8 Å². The van der Waals surface area contributed by atoms with Crippen LogP contribution in [-0.2, 0) is 16.4 Å². The third kappa shape index (κ3) is 2.74. The van der Waals surface area contributed by atoms with Gasteiger partial charge in [-0.1, -0.05) is 18.0 Å². The minimum atomic E-state index is -2.98. The van der Waals surface area contributed by atoms with Crippen LogP contribution in [0.1, 0.15) is 25.1 Å². The highest BCUT2D eigenvalue weighted by Gasteiger charge is 2.44. The molecule has 1 N–H and O–H groups in total. The Morgan fingerprint density at radius 2 is 2.17 bits per heavy atom. The van der Waals surface area contributed by atoms with Crippen LogP contribution in [0.3, 0.4) is 0 Å². The van der Waals surface area contributed by atoms with Crippen LogP contribution in [0.4, 0.5) is 0 Å². The maximum absolute atomic E-state index is 12.3. The molecule has 1 saturated heterocycles. The summed E-state index contributed by atoms with van der Waals surface area (Å²) in [4.78, 5) is 21.7. The molecule has 6 nitrogen and oxygen atoms in total. The van der Waals surface area contributed by atoms with Crippen molar-refractivity contribution >= 4 is 32.3 Å². The van der Waals surface area contributed by atoms with E-state index in [1.165, 1.54) is 0 Å². The summed E-state index contributed by atoms with van der Waals surface area (Å²) in [6, 6.07) is 5.08. The molecule has 2 aliphatic rings. The number of sulfone groups is 1. The second-order valence-electron chi connectivity index (χ2n) is 6.55. The summed E-state index contributed by atoms with van der Waals surface area (Å²) in [6.07, 6.45) is 2.56. The van der Waals surface area contributed by atoms with Crippen molar-refractivity contribution in [2.24, 2.45) is 0 Å². The van der Waals surface area contributed by atoms with Gasteiger partial charge in [-0.3, -0.25) is 9.69 Å². The number of nitrogens with zero attached hydrogens (tertiary/aromatic N) is 2. The lowest BCUT2D eigenvalue weighted by atomic mass is 10.2. The van der Waals surface area contributed by atoms with Crippen LogP contribution in [0.25, 0.3) is 10.9 Å². The lowest BCUT2D eigenvalue weighted by Crippen LogP contribution is -2.51. The van der Waals surface area contributed by atoms with Crippen molar-refractivity contribution in [1.29, 1.82) is 0 Å². The summed E-state index contributed by atoms with van der Waals surface area (Å²) in [5.41, 5.74) is 0.385. The fourth-order valence-corrected chi connectivity index (χ4v) is 6.20. The van der Waals surface area contributed by atoms with Crippen molar-refractivity contribution in [3.8, 4) is 0 Å². The van der Waals surface area contributed by atoms with Crippen LogP contribution in [0.5, 0.6) is 0 Å². The number of hydrogen-bond acceptors (Lipinski definition) is 5. The molecule has 2 fully saturated rings. The number of H-pyrrole nitrogens is 1. The molecule has 8 heteroatoms. The topological polar surface area (TPSA) is 83.1 Å². The number of rotatable bonds is 2. The first-order chi connectivity index (χ1) is 11.4. The number of aromatic nitrogens is 2. The molecule has 2 atom stereocenters. The van der Waals surface area contributed by atoms with Crippen LogP contribution in [0.15, 0.2) is 23.0 Å². The molecular weight excluding hydrogens is 350 g/mol. The van der Waals surface area contributed by atoms with Gasteiger partial charge in [-0.05, 0) is 31.0 Å². The molecule has 1 saturated carbocycles. The zero-order valence-electron chi connectivity index (χ0n) is 13.0. The largest absolute Gasteiger partial charge is 0.309 e. The van der Waals surface area contributed by atoms with Crippen molar-refractivity contribution in [2.45, 2.75) is 37.1 Å². The Balaban J connectivity index is 1.65. The molecular formula is C16H18ClN3O3S. The molecule has 128 valence electrons. The summed E-state index contributed by atoms with van der Waals surface area (Å²) < 4.78 is 24.4. The Kier molecular flexibility index (Phi) is 3.89. The standard InChI is InChI=1S/C16H18ClN3O3S/c17-10-4-5-12-11(8-10)16(21)19-15(18-12)9-20-6-7-24(22,23)14-3-1-2-13(14)20/h4-5,8,13-14H,1-3,6-7,9H2,(H,18,19,21). The monoisotopic (exact) mass is 367 g/mol. The highest BCUT2D eigenvalue weighted by Crippen LogP contribution is 2.33. The molecule has 0 spiro atoms. The molecule has 1 aromatic heterocycles. The van der Waals surface area contributed by atoms with E-state index in [2.05, 4.69) is 14.9 Å². The quantitative estimate of drug-likeness (QED) is 0.873. The van der Waals surface area contributed by atoms with Crippen LogP contribution in [0.2, 0.25) is 5.02 Å². The fourth-order valence-electron chi connectivity index (χ4n) is 3.93. The summed E-state index contributed by atoms with van der Waals surface area (Å²) >= 11 is 5.93. The molecule has 2 heterocycles. The van der Waals surface area contributed by atoms with Gasteiger partial charge < -0.3 is 4.98 Å². The minimum Gasteiger partial charge on any atom is -0.309 e. The van der Waals surface area contributed by atoms with Crippen molar-refractivity contribution in [3.05, 3.63) is 39.4 Å². The predicted octanol–water partition coefficient (Wildman–Crippen LogP) is 1.73. The van der Waals surface area contributed by atoms with E-state index >= 15 is 0 Å². The number of fused-ring (bicyclic) bond motifs is 2. The molecule has 0 amide bonds. The summed E-state index contributed by atoms with van der Waals surface area (Å²) in [6.45, 7) is 0.955. The number of nitrogens with one attached hydrogen (secondary N) is 1. The average molecular weight is 368 g/mol. The minimum absolute atomic E-state index is 0.0370. The van der Waals surface area contributed by atoms with Gasteiger partial charge in [-0.15, -0.1) is 0 Å². The van der Waals surface area contributed by atoms with Gasteiger partial charge in [0.05, 0.1) is 28.5 Å². The van der Waals surface area contributed by atoms with E-state index in [-0.39, 0.29) is 22.6 Å². The average Bonchev–Trinajstić information content (AvgIpc) is 3.02. The summed E-state index contributed by atoms with van der Waals surface area (Å²) in [5, 5.41) is 0.695. The molecule has 2 aromatic rings. The van der Waals surface area contributed by atoms with E-state index in [9.17, 15) is 13.2 Å². The second-order valence-corrected chi connectivity index (χ2v) is 9.32. The first-order valence-electron chi connectivity index (χ1n) is 8.08. The van der Waals surface area contributed by atoms with Gasteiger partial charge in [0, 0.05) is 17.6 Å². The van der Waals surface area contributed by atoms with E-state index in [1.54, 1.807) is 18.2 Å². The van der Waals surface area contributed by atoms with Crippen molar-refractivity contribution in [1.82, 2.24) is 14.9 Å². The van der Waals surface area contributed by atoms with Gasteiger partial charge >= 0.3 is 0 Å². The van der Waals surface area contributed by atoms with E-state index in [0.717, 1.165) is 19.3 Å². The van der Waals surface area contributed by atoms with Gasteiger partial charge in [0.2, 0.25) is 0 Å².